The lowest BCUT2D eigenvalue weighted by Gasteiger charge is -2.32. The van der Waals surface area contributed by atoms with Crippen LogP contribution in [0.5, 0.6) is 11.5 Å². The highest BCUT2D eigenvalue weighted by atomic mass is 16.6. The van der Waals surface area contributed by atoms with E-state index in [9.17, 15) is 9.59 Å². The van der Waals surface area contributed by atoms with Crippen LogP contribution in [0, 0.1) is 5.92 Å². The molecule has 1 aliphatic rings. The molecule has 266 valence electrons. The molecule has 0 amide bonds. The number of methoxy groups -OCH3 is 1. The quantitative estimate of drug-likeness (QED) is 0.105. The molecule has 1 fully saturated rings. The predicted octanol–water partition coefficient (Wildman–Crippen LogP) is 9.19. The van der Waals surface area contributed by atoms with E-state index in [-0.39, 0.29) is 17.4 Å². The standard InChI is InChI=1S/C42H53N3O5/c1-7-8-25-45-37(39(32-20-22-34(48-6)23-21-32)44-40(45)33-17-13-10-14-18-33)27-36(31-15-11-9-12-16-31)43-28-30-19-24-35(38(26-30)49-29(2)46)41(47)50-42(3,4)5/h10,13-14,17-24,26,31,36,43H,7-9,11-12,15-16,25,27-28H2,1-6H3. The number of ether oxygens (including phenoxy) is 3. The molecule has 1 atom stereocenters. The zero-order valence-electron chi connectivity index (χ0n) is 30.6. The Balaban J connectivity index is 1.52. The zero-order chi connectivity index (χ0) is 35.7. The minimum atomic E-state index is -0.674. The maximum Gasteiger partial charge on any atom is 0.342 e. The Labute approximate surface area is 297 Å². The Morgan fingerprint density at radius 3 is 2.32 bits per heavy atom. The summed E-state index contributed by atoms with van der Waals surface area (Å²) >= 11 is 0. The summed E-state index contributed by atoms with van der Waals surface area (Å²) in [5.41, 5.74) is 4.89. The van der Waals surface area contributed by atoms with E-state index < -0.39 is 17.5 Å². The second kappa shape index (κ2) is 17.0. The Kier molecular flexibility index (Phi) is 12.5. The minimum absolute atomic E-state index is 0.177. The molecule has 1 saturated carbocycles. The third kappa shape index (κ3) is 9.63. The highest BCUT2D eigenvalue weighted by molar-refractivity contribution is 5.93. The van der Waals surface area contributed by atoms with Gasteiger partial charge in [-0.05, 0) is 87.9 Å². The first-order valence-electron chi connectivity index (χ1n) is 18.1. The van der Waals surface area contributed by atoms with E-state index in [0.29, 0.717) is 12.5 Å². The van der Waals surface area contributed by atoms with Gasteiger partial charge in [0.1, 0.15) is 28.5 Å². The SMILES string of the molecule is CCCCn1c(-c2ccccc2)nc(-c2ccc(OC)cc2)c1CC(NCc1ccc(C(=O)OC(C)(C)C)c(OC(C)=O)c1)C1CCCCC1. The van der Waals surface area contributed by atoms with Crippen LogP contribution >= 0.6 is 0 Å². The summed E-state index contributed by atoms with van der Waals surface area (Å²) < 4.78 is 19.1. The molecule has 0 saturated heterocycles. The van der Waals surface area contributed by atoms with Crippen molar-refractivity contribution >= 4 is 11.9 Å². The lowest BCUT2D eigenvalue weighted by atomic mass is 9.81. The van der Waals surface area contributed by atoms with Crippen molar-refractivity contribution in [2.24, 2.45) is 5.92 Å². The van der Waals surface area contributed by atoms with Crippen LogP contribution in [0.3, 0.4) is 0 Å². The number of imidazole rings is 1. The van der Waals surface area contributed by atoms with Gasteiger partial charge in [0, 0.05) is 49.3 Å². The molecule has 8 heteroatoms. The summed E-state index contributed by atoms with van der Waals surface area (Å²) in [6.07, 6.45) is 8.99. The van der Waals surface area contributed by atoms with Crippen LogP contribution in [-0.4, -0.2) is 40.2 Å². The van der Waals surface area contributed by atoms with E-state index in [4.69, 9.17) is 19.2 Å². The molecule has 8 nitrogen and oxygen atoms in total. The molecule has 1 N–H and O–H groups in total. The van der Waals surface area contributed by atoms with Gasteiger partial charge in [-0.1, -0.05) is 69.0 Å². The van der Waals surface area contributed by atoms with Gasteiger partial charge in [-0.3, -0.25) is 4.79 Å². The fourth-order valence-corrected chi connectivity index (χ4v) is 6.86. The third-order valence-corrected chi connectivity index (χ3v) is 9.32. The Hall–Kier alpha value is -4.43. The lowest BCUT2D eigenvalue weighted by Crippen LogP contribution is -2.39. The number of benzene rings is 3. The number of carbonyl (C=O) groups is 2. The fraction of sp³-hybridized carbons (Fsp3) is 0.452. The Morgan fingerprint density at radius 1 is 0.960 bits per heavy atom. The van der Waals surface area contributed by atoms with E-state index >= 15 is 0 Å². The number of esters is 2. The normalized spacial score (nSPS) is 14.3. The smallest absolute Gasteiger partial charge is 0.342 e. The molecule has 0 spiro atoms. The van der Waals surface area contributed by atoms with Crippen molar-refractivity contribution in [3.05, 3.63) is 89.6 Å². The molecule has 1 unspecified atom stereocenters. The zero-order valence-corrected chi connectivity index (χ0v) is 30.6. The predicted molar refractivity (Wildman–Crippen MR) is 198 cm³/mol. The molecule has 0 radical (unpaired) electrons. The topological polar surface area (TPSA) is 91.7 Å². The van der Waals surface area contributed by atoms with Gasteiger partial charge in [-0.2, -0.15) is 0 Å². The van der Waals surface area contributed by atoms with Gasteiger partial charge in [0.05, 0.1) is 12.8 Å². The van der Waals surface area contributed by atoms with Gasteiger partial charge in [0.15, 0.2) is 0 Å². The summed E-state index contributed by atoms with van der Waals surface area (Å²) in [5, 5.41) is 3.93. The van der Waals surface area contributed by atoms with Crippen molar-refractivity contribution in [2.45, 2.75) is 111 Å². The summed E-state index contributed by atoms with van der Waals surface area (Å²) in [6.45, 7) is 10.5. The lowest BCUT2D eigenvalue weighted by molar-refractivity contribution is -0.131. The maximum absolute atomic E-state index is 13.0. The highest BCUT2D eigenvalue weighted by Crippen LogP contribution is 2.35. The fourth-order valence-electron chi connectivity index (χ4n) is 6.86. The van der Waals surface area contributed by atoms with Crippen LogP contribution in [-0.2, 0) is 29.0 Å². The first-order valence-corrected chi connectivity index (χ1v) is 18.1. The van der Waals surface area contributed by atoms with Gasteiger partial charge >= 0.3 is 11.9 Å². The molecule has 4 aromatic rings. The van der Waals surface area contributed by atoms with Gasteiger partial charge in [-0.15, -0.1) is 0 Å². The molecule has 3 aromatic carbocycles. The number of hydrogen-bond donors (Lipinski definition) is 1. The summed E-state index contributed by atoms with van der Waals surface area (Å²) in [7, 11) is 1.69. The van der Waals surface area contributed by atoms with Crippen LogP contribution in [0.4, 0.5) is 0 Å². The van der Waals surface area contributed by atoms with Crippen LogP contribution in [0.15, 0.2) is 72.8 Å². The molecule has 1 heterocycles. The Bertz CT molecular complexity index is 1720. The number of nitrogens with one attached hydrogen (secondary N) is 1. The average Bonchev–Trinajstić information content (AvgIpc) is 3.46. The molecule has 5 rings (SSSR count). The third-order valence-electron chi connectivity index (χ3n) is 9.32. The van der Waals surface area contributed by atoms with E-state index in [1.165, 1.54) is 44.7 Å². The number of nitrogens with zero attached hydrogens (tertiary/aromatic N) is 2. The highest BCUT2D eigenvalue weighted by Gasteiger charge is 2.29. The molecule has 1 aromatic heterocycles. The number of aromatic nitrogens is 2. The number of rotatable bonds is 14. The van der Waals surface area contributed by atoms with Gasteiger partial charge in [0.2, 0.25) is 0 Å². The molecular weight excluding hydrogens is 626 g/mol. The van der Waals surface area contributed by atoms with E-state index in [1.54, 1.807) is 19.2 Å². The first kappa shape index (κ1) is 36.8. The van der Waals surface area contributed by atoms with E-state index in [2.05, 4.69) is 53.2 Å². The first-order chi connectivity index (χ1) is 24.1. The van der Waals surface area contributed by atoms with Crippen LogP contribution in [0.2, 0.25) is 0 Å². The van der Waals surface area contributed by atoms with Gasteiger partial charge in [0.25, 0.3) is 0 Å². The molecule has 1 aliphatic carbocycles. The second-order valence-corrected chi connectivity index (χ2v) is 14.3. The Morgan fingerprint density at radius 2 is 1.68 bits per heavy atom. The largest absolute Gasteiger partial charge is 0.497 e. The summed E-state index contributed by atoms with van der Waals surface area (Å²) in [4.78, 5) is 30.4. The molecule has 0 aliphatic heterocycles. The van der Waals surface area contributed by atoms with E-state index in [0.717, 1.165) is 59.8 Å². The van der Waals surface area contributed by atoms with Crippen molar-refractivity contribution in [3.8, 4) is 34.1 Å². The minimum Gasteiger partial charge on any atom is -0.497 e. The van der Waals surface area contributed by atoms with E-state index in [1.807, 2.05) is 45.0 Å². The van der Waals surface area contributed by atoms with Gasteiger partial charge in [-0.25, -0.2) is 9.78 Å². The van der Waals surface area contributed by atoms with Crippen molar-refractivity contribution in [2.75, 3.05) is 7.11 Å². The van der Waals surface area contributed by atoms with Gasteiger partial charge < -0.3 is 24.1 Å². The molecule has 0 bridgehead atoms. The average molecular weight is 680 g/mol. The summed E-state index contributed by atoms with van der Waals surface area (Å²) in [5.74, 6) is 1.51. The maximum atomic E-state index is 13.0. The number of unbranched alkanes of at least 4 members (excludes halogenated alkanes) is 1. The molecular formula is C42H53N3O5. The van der Waals surface area contributed by atoms with Crippen LogP contribution in [0.1, 0.15) is 101 Å². The number of hydrogen-bond acceptors (Lipinski definition) is 7. The molecule has 50 heavy (non-hydrogen) atoms. The van der Waals surface area contributed by atoms with Crippen molar-refractivity contribution < 1.29 is 23.8 Å². The van der Waals surface area contributed by atoms with Crippen molar-refractivity contribution in [1.29, 1.82) is 0 Å². The number of carbonyl (C=O) groups excluding carboxylic acids is 2. The van der Waals surface area contributed by atoms with Crippen LogP contribution in [0.25, 0.3) is 22.6 Å². The summed E-state index contributed by atoms with van der Waals surface area (Å²) in [6, 6.07) is 24.3. The monoisotopic (exact) mass is 679 g/mol. The van der Waals surface area contributed by atoms with Crippen molar-refractivity contribution in [3.63, 3.8) is 0 Å². The second-order valence-electron chi connectivity index (χ2n) is 14.3. The van der Waals surface area contributed by atoms with Crippen molar-refractivity contribution in [1.82, 2.24) is 14.9 Å². The van der Waals surface area contributed by atoms with Crippen LogP contribution < -0.4 is 14.8 Å².